The Morgan fingerprint density at radius 3 is 2.71 bits per heavy atom. The smallest absolute Gasteiger partial charge is 0.0439 e. The van der Waals surface area contributed by atoms with Crippen molar-refractivity contribution in [1.29, 1.82) is 0 Å². The number of nitrogens with two attached hydrogens (primary N) is 1. The lowest BCUT2D eigenvalue weighted by Gasteiger charge is -2.16. The number of benzene rings is 2. The van der Waals surface area contributed by atoms with Crippen LogP contribution in [-0.4, -0.2) is 11.8 Å². The number of hydrogen-bond donors (Lipinski definition) is 2. The van der Waals surface area contributed by atoms with E-state index in [2.05, 4.69) is 33.5 Å². The SMILES string of the molecule is NNC(CSc1cccc(Br)c1)Cc1cc(Cl)ccc1Cl. The Labute approximate surface area is 147 Å². The lowest BCUT2D eigenvalue weighted by atomic mass is 10.1. The second-order valence-corrected chi connectivity index (χ2v) is 7.42. The predicted octanol–water partition coefficient (Wildman–Crippen LogP) is 4.92. The van der Waals surface area contributed by atoms with Crippen LogP contribution in [0.25, 0.3) is 0 Å². The van der Waals surface area contributed by atoms with Crippen molar-refractivity contribution >= 4 is 50.9 Å². The van der Waals surface area contributed by atoms with Gasteiger partial charge in [-0.05, 0) is 48.4 Å². The summed E-state index contributed by atoms with van der Waals surface area (Å²) in [7, 11) is 0. The molecule has 0 aromatic heterocycles. The van der Waals surface area contributed by atoms with Gasteiger partial charge in [0.1, 0.15) is 0 Å². The molecule has 0 saturated heterocycles. The van der Waals surface area contributed by atoms with E-state index in [1.807, 2.05) is 24.3 Å². The molecule has 0 bridgehead atoms. The van der Waals surface area contributed by atoms with Crippen LogP contribution in [0.4, 0.5) is 0 Å². The van der Waals surface area contributed by atoms with Crippen molar-refractivity contribution in [3.8, 4) is 0 Å². The van der Waals surface area contributed by atoms with E-state index in [1.165, 1.54) is 4.90 Å². The van der Waals surface area contributed by atoms with Gasteiger partial charge in [-0.25, -0.2) is 0 Å². The predicted molar refractivity (Wildman–Crippen MR) is 96.1 cm³/mol. The molecule has 112 valence electrons. The Morgan fingerprint density at radius 1 is 1.19 bits per heavy atom. The van der Waals surface area contributed by atoms with Crippen LogP contribution in [0.5, 0.6) is 0 Å². The molecule has 6 heteroatoms. The summed E-state index contributed by atoms with van der Waals surface area (Å²) in [5, 5.41) is 1.40. The highest BCUT2D eigenvalue weighted by molar-refractivity contribution is 9.10. The number of hydrazine groups is 1. The summed E-state index contributed by atoms with van der Waals surface area (Å²) in [4.78, 5) is 1.20. The van der Waals surface area contributed by atoms with Crippen molar-refractivity contribution < 1.29 is 0 Å². The first-order chi connectivity index (χ1) is 10.1. The van der Waals surface area contributed by atoms with Crippen LogP contribution < -0.4 is 11.3 Å². The molecule has 0 heterocycles. The monoisotopic (exact) mass is 404 g/mol. The Morgan fingerprint density at radius 2 is 2.00 bits per heavy atom. The van der Waals surface area contributed by atoms with Gasteiger partial charge in [-0.2, -0.15) is 0 Å². The molecule has 2 rings (SSSR count). The molecule has 0 aliphatic carbocycles. The zero-order valence-electron chi connectivity index (χ0n) is 11.2. The molecule has 2 aromatic carbocycles. The van der Waals surface area contributed by atoms with Crippen molar-refractivity contribution in [3.05, 3.63) is 62.5 Å². The van der Waals surface area contributed by atoms with E-state index in [1.54, 1.807) is 17.8 Å². The minimum absolute atomic E-state index is 0.116. The van der Waals surface area contributed by atoms with Gasteiger partial charge in [-0.3, -0.25) is 11.3 Å². The summed E-state index contributed by atoms with van der Waals surface area (Å²) in [6.07, 6.45) is 0.733. The first-order valence-corrected chi connectivity index (χ1v) is 8.90. The molecular formula is C15H15BrCl2N2S. The third-order valence-electron chi connectivity index (χ3n) is 2.96. The largest absolute Gasteiger partial charge is 0.271 e. The molecule has 0 aliphatic heterocycles. The maximum Gasteiger partial charge on any atom is 0.0439 e. The second-order valence-electron chi connectivity index (χ2n) is 4.57. The zero-order chi connectivity index (χ0) is 15.2. The zero-order valence-corrected chi connectivity index (χ0v) is 15.1. The number of thioether (sulfide) groups is 1. The second kappa shape index (κ2) is 8.42. The van der Waals surface area contributed by atoms with E-state index in [9.17, 15) is 0 Å². The first-order valence-electron chi connectivity index (χ1n) is 6.37. The molecule has 0 amide bonds. The number of halogens is 3. The molecule has 0 aliphatic rings. The molecule has 0 radical (unpaired) electrons. The van der Waals surface area contributed by atoms with Crippen LogP contribution in [0, 0.1) is 0 Å². The standard InChI is InChI=1S/C15H15BrCl2N2S/c16-11-2-1-3-14(8-11)21-9-13(20-19)7-10-6-12(17)4-5-15(10)18/h1-6,8,13,20H,7,9,19H2. The third kappa shape index (κ3) is 5.47. The average Bonchev–Trinajstić information content (AvgIpc) is 2.47. The lowest BCUT2D eigenvalue weighted by molar-refractivity contribution is 0.575. The van der Waals surface area contributed by atoms with Crippen LogP contribution in [0.3, 0.4) is 0 Å². The van der Waals surface area contributed by atoms with E-state index in [0.717, 1.165) is 22.2 Å². The molecule has 21 heavy (non-hydrogen) atoms. The summed E-state index contributed by atoms with van der Waals surface area (Å²) < 4.78 is 1.07. The summed E-state index contributed by atoms with van der Waals surface area (Å²) >= 11 is 17.4. The van der Waals surface area contributed by atoms with Crippen LogP contribution >= 0.6 is 50.9 Å². The van der Waals surface area contributed by atoms with Gasteiger partial charge in [-0.15, -0.1) is 11.8 Å². The van der Waals surface area contributed by atoms with E-state index < -0.39 is 0 Å². The molecule has 2 aromatic rings. The summed E-state index contributed by atoms with van der Waals surface area (Å²) in [5.41, 5.74) is 3.85. The maximum atomic E-state index is 6.19. The highest BCUT2D eigenvalue weighted by atomic mass is 79.9. The fourth-order valence-corrected chi connectivity index (χ4v) is 3.82. The van der Waals surface area contributed by atoms with Gasteiger partial charge in [0.2, 0.25) is 0 Å². The van der Waals surface area contributed by atoms with Crippen molar-refractivity contribution in [2.24, 2.45) is 5.84 Å². The molecule has 1 atom stereocenters. The Kier molecular flexibility index (Phi) is 6.86. The van der Waals surface area contributed by atoms with E-state index in [4.69, 9.17) is 29.0 Å². The van der Waals surface area contributed by atoms with E-state index in [-0.39, 0.29) is 6.04 Å². The van der Waals surface area contributed by atoms with Gasteiger partial charge in [0.05, 0.1) is 0 Å². The fraction of sp³-hybridized carbons (Fsp3) is 0.200. The van der Waals surface area contributed by atoms with Gasteiger partial charge < -0.3 is 0 Å². The van der Waals surface area contributed by atoms with E-state index in [0.29, 0.717) is 10.0 Å². The number of hydrogen-bond acceptors (Lipinski definition) is 3. The highest BCUT2D eigenvalue weighted by Gasteiger charge is 2.11. The number of nitrogens with one attached hydrogen (secondary N) is 1. The maximum absolute atomic E-state index is 6.19. The van der Waals surface area contributed by atoms with Crippen molar-refractivity contribution in [1.82, 2.24) is 5.43 Å². The first kappa shape index (κ1) is 17.1. The Hall–Kier alpha value is -0.230. The van der Waals surface area contributed by atoms with Crippen LogP contribution in [0.1, 0.15) is 5.56 Å². The quantitative estimate of drug-likeness (QED) is 0.406. The van der Waals surface area contributed by atoms with Crippen LogP contribution in [-0.2, 0) is 6.42 Å². The normalized spacial score (nSPS) is 12.4. The Bertz CT molecular complexity index is 610. The average molecular weight is 406 g/mol. The minimum atomic E-state index is 0.116. The highest BCUT2D eigenvalue weighted by Crippen LogP contribution is 2.25. The molecule has 0 fully saturated rings. The third-order valence-corrected chi connectivity index (χ3v) is 5.21. The summed E-state index contributed by atoms with van der Waals surface area (Å²) in [6.45, 7) is 0. The van der Waals surface area contributed by atoms with Crippen molar-refractivity contribution in [2.45, 2.75) is 17.4 Å². The molecule has 0 saturated carbocycles. The van der Waals surface area contributed by atoms with Crippen LogP contribution in [0.15, 0.2) is 51.8 Å². The van der Waals surface area contributed by atoms with Gasteiger partial charge in [0.15, 0.2) is 0 Å². The van der Waals surface area contributed by atoms with Crippen molar-refractivity contribution in [3.63, 3.8) is 0 Å². The van der Waals surface area contributed by atoms with Gasteiger partial charge in [0.25, 0.3) is 0 Å². The number of rotatable bonds is 6. The fourth-order valence-electron chi connectivity index (χ4n) is 1.88. The van der Waals surface area contributed by atoms with Crippen LogP contribution in [0.2, 0.25) is 10.0 Å². The molecule has 1 unspecified atom stereocenters. The summed E-state index contributed by atoms with van der Waals surface area (Å²) in [6, 6.07) is 13.8. The summed E-state index contributed by atoms with van der Waals surface area (Å²) in [5.74, 6) is 6.50. The van der Waals surface area contributed by atoms with Gasteiger partial charge >= 0.3 is 0 Å². The Balaban J connectivity index is 1.98. The lowest BCUT2D eigenvalue weighted by Crippen LogP contribution is -2.38. The minimum Gasteiger partial charge on any atom is -0.271 e. The molecule has 3 N–H and O–H groups in total. The topological polar surface area (TPSA) is 38.0 Å². The van der Waals surface area contributed by atoms with Gasteiger partial charge in [-0.1, -0.05) is 45.2 Å². The molecular weight excluding hydrogens is 391 g/mol. The molecule has 0 spiro atoms. The van der Waals surface area contributed by atoms with Crippen molar-refractivity contribution in [2.75, 3.05) is 5.75 Å². The molecule has 2 nitrogen and oxygen atoms in total. The van der Waals surface area contributed by atoms with E-state index >= 15 is 0 Å². The van der Waals surface area contributed by atoms with Gasteiger partial charge in [0, 0.05) is 31.2 Å².